The Hall–Kier alpha value is -1.84. The smallest absolute Gasteiger partial charge is 0.223 e. The summed E-state index contributed by atoms with van der Waals surface area (Å²) in [6, 6.07) is 6.05. The molecule has 0 aliphatic carbocycles. The summed E-state index contributed by atoms with van der Waals surface area (Å²) in [6.07, 6.45) is 1.36. The molecule has 1 aromatic rings. The van der Waals surface area contributed by atoms with Crippen LogP contribution in [0.15, 0.2) is 18.2 Å². The molecule has 0 spiro atoms. The van der Waals surface area contributed by atoms with Gasteiger partial charge >= 0.3 is 0 Å². The molecule has 0 aliphatic heterocycles. The second-order valence-electron chi connectivity index (χ2n) is 5.12. The standard InChI is InChI=1S/C16H24N2O2/c1-5-6-16(20)17-7-8-18(14(4)19)15-10-12(2)9-13(3)11-15/h9-11H,5-8H2,1-4H3,(H,17,20). The maximum Gasteiger partial charge on any atom is 0.223 e. The summed E-state index contributed by atoms with van der Waals surface area (Å²) >= 11 is 0. The van der Waals surface area contributed by atoms with Crippen LogP contribution in [0.5, 0.6) is 0 Å². The van der Waals surface area contributed by atoms with Gasteiger partial charge in [-0.1, -0.05) is 13.0 Å². The van der Waals surface area contributed by atoms with Crippen LogP contribution in [-0.2, 0) is 9.59 Å². The van der Waals surface area contributed by atoms with E-state index in [0.717, 1.165) is 23.2 Å². The van der Waals surface area contributed by atoms with Crippen LogP contribution in [0.3, 0.4) is 0 Å². The molecular formula is C16H24N2O2. The third kappa shape index (κ3) is 5.03. The van der Waals surface area contributed by atoms with Gasteiger partial charge in [-0.05, 0) is 43.5 Å². The van der Waals surface area contributed by atoms with Crippen LogP contribution in [0.1, 0.15) is 37.8 Å². The highest BCUT2D eigenvalue weighted by atomic mass is 16.2. The van der Waals surface area contributed by atoms with Crippen LogP contribution >= 0.6 is 0 Å². The zero-order chi connectivity index (χ0) is 15.1. The first-order chi connectivity index (χ1) is 9.43. The number of nitrogens with one attached hydrogen (secondary N) is 1. The number of carbonyl (C=O) groups excluding carboxylic acids is 2. The lowest BCUT2D eigenvalue weighted by Crippen LogP contribution is -2.37. The zero-order valence-electron chi connectivity index (χ0n) is 12.8. The quantitative estimate of drug-likeness (QED) is 0.868. The molecule has 0 fully saturated rings. The Labute approximate surface area is 121 Å². The van der Waals surface area contributed by atoms with E-state index < -0.39 is 0 Å². The number of aryl methyl sites for hydroxylation is 2. The number of rotatable bonds is 6. The Bertz CT molecular complexity index is 463. The Morgan fingerprint density at radius 1 is 1.15 bits per heavy atom. The van der Waals surface area contributed by atoms with E-state index in [2.05, 4.69) is 11.4 Å². The largest absolute Gasteiger partial charge is 0.354 e. The molecule has 4 nitrogen and oxygen atoms in total. The van der Waals surface area contributed by atoms with E-state index in [4.69, 9.17) is 0 Å². The fourth-order valence-corrected chi connectivity index (χ4v) is 2.20. The van der Waals surface area contributed by atoms with Crippen molar-refractivity contribution in [2.45, 2.75) is 40.5 Å². The van der Waals surface area contributed by atoms with Crippen molar-refractivity contribution < 1.29 is 9.59 Å². The second-order valence-corrected chi connectivity index (χ2v) is 5.12. The van der Waals surface area contributed by atoms with Gasteiger partial charge < -0.3 is 10.2 Å². The van der Waals surface area contributed by atoms with Gasteiger partial charge in [-0.15, -0.1) is 0 Å². The third-order valence-corrected chi connectivity index (χ3v) is 3.03. The van der Waals surface area contributed by atoms with Gasteiger partial charge in [-0.2, -0.15) is 0 Å². The number of hydrogen-bond acceptors (Lipinski definition) is 2. The average Bonchev–Trinajstić information content (AvgIpc) is 2.33. The van der Waals surface area contributed by atoms with Gasteiger partial charge in [0.25, 0.3) is 0 Å². The van der Waals surface area contributed by atoms with Crippen LogP contribution in [0.2, 0.25) is 0 Å². The maximum absolute atomic E-state index is 11.8. The van der Waals surface area contributed by atoms with E-state index in [0.29, 0.717) is 19.5 Å². The molecule has 0 saturated carbocycles. The molecule has 2 amide bonds. The monoisotopic (exact) mass is 276 g/mol. The Morgan fingerprint density at radius 3 is 2.25 bits per heavy atom. The molecule has 20 heavy (non-hydrogen) atoms. The number of hydrogen-bond donors (Lipinski definition) is 1. The fourth-order valence-electron chi connectivity index (χ4n) is 2.20. The molecule has 0 atom stereocenters. The molecule has 0 aromatic heterocycles. The van der Waals surface area contributed by atoms with Crippen molar-refractivity contribution in [3.05, 3.63) is 29.3 Å². The van der Waals surface area contributed by atoms with Crippen molar-refractivity contribution in [3.63, 3.8) is 0 Å². The van der Waals surface area contributed by atoms with Crippen LogP contribution < -0.4 is 10.2 Å². The molecule has 1 aromatic carbocycles. The summed E-state index contributed by atoms with van der Waals surface area (Å²) in [5.41, 5.74) is 3.14. The topological polar surface area (TPSA) is 49.4 Å². The van der Waals surface area contributed by atoms with Gasteiger partial charge in [0.2, 0.25) is 11.8 Å². The fraction of sp³-hybridized carbons (Fsp3) is 0.500. The highest BCUT2D eigenvalue weighted by Crippen LogP contribution is 2.18. The zero-order valence-corrected chi connectivity index (χ0v) is 12.8. The summed E-state index contributed by atoms with van der Waals surface area (Å²) in [5, 5.41) is 2.84. The van der Waals surface area contributed by atoms with Crippen LogP contribution in [0, 0.1) is 13.8 Å². The summed E-state index contributed by atoms with van der Waals surface area (Å²) in [4.78, 5) is 24.9. The molecule has 0 heterocycles. The van der Waals surface area contributed by atoms with Crippen molar-refractivity contribution in [2.75, 3.05) is 18.0 Å². The van der Waals surface area contributed by atoms with E-state index in [1.165, 1.54) is 0 Å². The van der Waals surface area contributed by atoms with Gasteiger partial charge in [0, 0.05) is 32.1 Å². The van der Waals surface area contributed by atoms with Gasteiger partial charge in [-0.3, -0.25) is 9.59 Å². The normalized spacial score (nSPS) is 10.2. The van der Waals surface area contributed by atoms with Gasteiger partial charge in [-0.25, -0.2) is 0 Å². The molecule has 0 unspecified atom stereocenters. The summed E-state index contributed by atoms with van der Waals surface area (Å²) in [7, 11) is 0. The Balaban J connectivity index is 2.70. The first kappa shape index (κ1) is 16.2. The first-order valence-corrected chi connectivity index (χ1v) is 7.07. The lowest BCUT2D eigenvalue weighted by molar-refractivity contribution is -0.121. The number of nitrogens with zero attached hydrogens (tertiary/aromatic N) is 1. The molecule has 110 valence electrons. The minimum absolute atomic E-state index is 0.0141. The van der Waals surface area contributed by atoms with E-state index >= 15 is 0 Å². The predicted octanol–water partition coefficient (Wildman–Crippen LogP) is 2.57. The molecule has 0 bridgehead atoms. The first-order valence-electron chi connectivity index (χ1n) is 7.07. The Kier molecular flexibility index (Phi) is 6.22. The number of benzene rings is 1. The van der Waals surface area contributed by atoms with Gasteiger partial charge in [0.15, 0.2) is 0 Å². The molecule has 4 heteroatoms. The van der Waals surface area contributed by atoms with Gasteiger partial charge in [0.1, 0.15) is 0 Å². The second kappa shape index (κ2) is 7.68. The third-order valence-electron chi connectivity index (χ3n) is 3.03. The van der Waals surface area contributed by atoms with Crippen molar-refractivity contribution >= 4 is 17.5 Å². The number of anilines is 1. The Morgan fingerprint density at radius 2 is 1.75 bits per heavy atom. The molecule has 0 aliphatic rings. The van der Waals surface area contributed by atoms with Crippen LogP contribution in [0.25, 0.3) is 0 Å². The number of carbonyl (C=O) groups is 2. The van der Waals surface area contributed by atoms with Crippen molar-refractivity contribution in [1.82, 2.24) is 5.32 Å². The minimum atomic E-state index is -0.0141. The van der Waals surface area contributed by atoms with Crippen molar-refractivity contribution in [1.29, 1.82) is 0 Å². The van der Waals surface area contributed by atoms with Crippen molar-refractivity contribution in [2.24, 2.45) is 0 Å². The molecular weight excluding hydrogens is 252 g/mol. The van der Waals surface area contributed by atoms with E-state index in [-0.39, 0.29) is 11.8 Å². The number of amides is 2. The van der Waals surface area contributed by atoms with E-state index in [9.17, 15) is 9.59 Å². The van der Waals surface area contributed by atoms with Gasteiger partial charge in [0.05, 0.1) is 0 Å². The minimum Gasteiger partial charge on any atom is -0.354 e. The van der Waals surface area contributed by atoms with E-state index in [1.807, 2.05) is 32.9 Å². The lowest BCUT2D eigenvalue weighted by Gasteiger charge is -2.22. The highest BCUT2D eigenvalue weighted by molar-refractivity contribution is 5.91. The molecule has 1 rings (SSSR count). The predicted molar refractivity (Wildman–Crippen MR) is 81.9 cm³/mol. The molecule has 1 N–H and O–H groups in total. The maximum atomic E-state index is 11.8. The van der Waals surface area contributed by atoms with E-state index in [1.54, 1.807) is 11.8 Å². The van der Waals surface area contributed by atoms with Crippen LogP contribution in [-0.4, -0.2) is 24.9 Å². The highest BCUT2D eigenvalue weighted by Gasteiger charge is 2.12. The molecule has 0 radical (unpaired) electrons. The lowest BCUT2D eigenvalue weighted by atomic mass is 10.1. The molecule has 0 saturated heterocycles. The van der Waals surface area contributed by atoms with Crippen molar-refractivity contribution in [3.8, 4) is 0 Å². The SMILES string of the molecule is CCCC(=O)NCCN(C(C)=O)c1cc(C)cc(C)c1. The van der Waals surface area contributed by atoms with Crippen LogP contribution in [0.4, 0.5) is 5.69 Å². The summed E-state index contributed by atoms with van der Waals surface area (Å²) in [5.74, 6) is 0.0242. The summed E-state index contributed by atoms with van der Waals surface area (Å²) in [6.45, 7) is 8.51. The average molecular weight is 276 g/mol. The summed E-state index contributed by atoms with van der Waals surface area (Å²) < 4.78 is 0.